The Kier molecular flexibility index (Phi) is 3.81. The minimum atomic E-state index is -0.143. The largest absolute Gasteiger partial charge is 0.507 e. The summed E-state index contributed by atoms with van der Waals surface area (Å²) in [6, 6.07) is 3.51. The Labute approximate surface area is 131 Å². The van der Waals surface area contributed by atoms with Crippen LogP contribution in [0.5, 0.6) is 0 Å². The van der Waals surface area contributed by atoms with Gasteiger partial charge in [-0.25, -0.2) is 9.97 Å². The van der Waals surface area contributed by atoms with E-state index < -0.39 is 0 Å². The molecule has 2 aromatic heterocycles. The summed E-state index contributed by atoms with van der Waals surface area (Å²) in [5.74, 6) is 0.570. The molecule has 0 aromatic carbocycles. The van der Waals surface area contributed by atoms with E-state index in [9.17, 15) is 9.90 Å². The van der Waals surface area contributed by atoms with Crippen molar-refractivity contribution < 1.29 is 9.90 Å². The lowest BCUT2D eigenvalue weighted by Gasteiger charge is -2.14. The molecule has 3 N–H and O–H groups in total. The number of allylic oxidation sites excluding steroid dienone is 1. The second kappa shape index (κ2) is 5.76. The summed E-state index contributed by atoms with van der Waals surface area (Å²) in [5, 5.41) is 17.0. The zero-order chi connectivity index (χ0) is 15.7. The first-order valence-corrected chi connectivity index (χ1v) is 7.74. The van der Waals surface area contributed by atoms with Crippen molar-refractivity contribution in [2.75, 3.05) is 24.7 Å². The van der Waals surface area contributed by atoms with Crippen LogP contribution in [0.15, 0.2) is 23.9 Å². The number of hydrogen-bond donors (Lipinski definition) is 3. The van der Waals surface area contributed by atoms with Gasteiger partial charge in [-0.3, -0.25) is 4.79 Å². The van der Waals surface area contributed by atoms with E-state index in [1.165, 1.54) is 11.3 Å². The lowest BCUT2D eigenvalue weighted by molar-refractivity contribution is 0.102. The van der Waals surface area contributed by atoms with Gasteiger partial charge in [0.05, 0.1) is 10.6 Å². The second-order valence-corrected chi connectivity index (χ2v) is 5.88. The number of thiazole rings is 1. The molecule has 0 spiro atoms. The minimum Gasteiger partial charge on any atom is -0.507 e. The number of nitrogens with one attached hydrogen (secondary N) is 2. The Balaban J connectivity index is 1.98. The number of pyridine rings is 1. The van der Waals surface area contributed by atoms with Crippen LogP contribution in [0, 0.1) is 0 Å². The zero-order valence-corrected chi connectivity index (χ0v) is 13.1. The maximum absolute atomic E-state index is 12.6. The fourth-order valence-corrected chi connectivity index (χ4v) is 3.31. The van der Waals surface area contributed by atoms with Gasteiger partial charge in [0.1, 0.15) is 11.6 Å². The molecule has 2 aromatic rings. The van der Waals surface area contributed by atoms with Gasteiger partial charge in [-0.1, -0.05) is 11.3 Å². The molecule has 0 unspecified atom stereocenters. The fourth-order valence-electron chi connectivity index (χ4n) is 2.38. The minimum absolute atomic E-state index is 0.00482. The van der Waals surface area contributed by atoms with Crippen LogP contribution >= 0.6 is 11.3 Å². The number of aryl methyl sites for hydroxylation is 1. The maximum Gasteiger partial charge on any atom is 0.204 e. The monoisotopic (exact) mass is 316 g/mol. The molecule has 0 amide bonds. The molecule has 0 aliphatic heterocycles. The first-order valence-electron chi connectivity index (χ1n) is 6.92. The van der Waals surface area contributed by atoms with E-state index in [2.05, 4.69) is 20.6 Å². The predicted octanol–water partition coefficient (Wildman–Crippen LogP) is 2.72. The van der Waals surface area contributed by atoms with E-state index >= 15 is 0 Å². The van der Waals surface area contributed by atoms with E-state index in [-0.39, 0.29) is 11.5 Å². The van der Waals surface area contributed by atoms with Crippen molar-refractivity contribution in [3.8, 4) is 0 Å². The third kappa shape index (κ3) is 2.43. The Morgan fingerprint density at radius 3 is 2.73 bits per heavy atom. The van der Waals surface area contributed by atoms with Crippen LogP contribution in [0.25, 0.3) is 5.76 Å². The van der Waals surface area contributed by atoms with Crippen molar-refractivity contribution in [1.29, 1.82) is 0 Å². The standard InChI is InChI=1S/C15H16N4O2S/c1-16-11-6-3-8(7-18-11)12(20)9-4-5-10-14(13(9)21)22-15(17-2)19-10/h3,6-7,20H,4-5H2,1-2H3,(H,16,18)(H,17,19). The number of Topliss-reactive ketones (excluding diaryl/α,β-unsaturated/α-hetero) is 1. The summed E-state index contributed by atoms with van der Waals surface area (Å²) in [5.41, 5.74) is 1.78. The Bertz CT molecular complexity index is 749. The molecule has 6 nitrogen and oxygen atoms in total. The van der Waals surface area contributed by atoms with Crippen LogP contribution in [-0.4, -0.2) is 35.0 Å². The van der Waals surface area contributed by atoms with Gasteiger partial charge < -0.3 is 15.7 Å². The smallest absolute Gasteiger partial charge is 0.204 e. The Morgan fingerprint density at radius 2 is 2.09 bits per heavy atom. The first kappa shape index (κ1) is 14.5. The number of nitrogens with zero attached hydrogens (tertiary/aromatic N) is 2. The third-order valence-electron chi connectivity index (χ3n) is 3.58. The summed E-state index contributed by atoms with van der Waals surface area (Å²) in [7, 11) is 3.55. The fraction of sp³-hybridized carbons (Fsp3) is 0.267. The number of hydrogen-bond acceptors (Lipinski definition) is 7. The number of aromatic nitrogens is 2. The highest BCUT2D eigenvalue weighted by Gasteiger charge is 2.29. The summed E-state index contributed by atoms with van der Waals surface area (Å²) in [4.78, 5) is 21.7. The predicted molar refractivity (Wildman–Crippen MR) is 87.6 cm³/mol. The van der Waals surface area contributed by atoms with Crippen molar-refractivity contribution >= 4 is 33.8 Å². The molecule has 3 rings (SSSR count). The van der Waals surface area contributed by atoms with Crippen molar-refractivity contribution in [1.82, 2.24) is 9.97 Å². The van der Waals surface area contributed by atoms with Gasteiger partial charge >= 0.3 is 0 Å². The van der Waals surface area contributed by atoms with E-state index in [1.807, 2.05) is 0 Å². The van der Waals surface area contributed by atoms with Crippen molar-refractivity contribution in [3.05, 3.63) is 40.0 Å². The summed E-state index contributed by atoms with van der Waals surface area (Å²) < 4.78 is 0. The number of aliphatic hydroxyl groups excluding tert-OH is 1. The van der Waals surface area contributed by atoms with Crippen LogP contribution in [0.3, 0.4) is 0 Å². The van der Waals surface area contributed by atoms with Crippen molar-refractivity contribution in [3.63, 3.8) is 0 Å². The molecule has 0 radical (unpaired) electrons. The SMILES string of the molecule is CNc1ccc(C(O)=C2CCc3nc(NC)sc3C2=O)cn1. The quantitative estimate of drug-likeness (QED) is 0.596. The third-order valence-corrected chi connectivity index (χ3v) is 4.70. The highest BCUT2D eigenvalue weighted by atomic mass is 32.1. The molecule has 0 saturated carbocycles. The topological polar surface area (TPSA) is 87.1 Å². The molecule has 0 saturated heterocycles. The van der Waals surface area contributed by atoms with Crippen LogP contribution in [0.1, 0.15) is 27.3 Å². The summed E-state index contributed by atoms with van der Waals surface area (Å²) in [6.45, 7) is 0. The van der Waals surface area contributed by atoms with Gasteiger partial charge in [-0.2, -0.15) is 0 Å². The van der Waals surface area contributed by atoms with Gasteiger partial charge in [0, 0.05) is 31.4 Å². The molecule has 1 aliphatic carbocycles. The highest BCUT2D eigenvalue weighted by molar-refractivity contribution is 7.17. The Morgan fingerprint density at radius 1 is 1.27 bits per heavy atom. The molecular weight excluding hydrogens is 300 g/mol. The van der Waals surface area contributed by atoms with Gasteiger partial charge in [0.25, 0.3) is 0 Å². The molecule has 0 fully saturated rings. The highest BCUT2D eigenvalue weighted by Crippen LogP contribution is 2.34. The van der Waals surface area contributed by atoms with Crippen molar-refractivity contribution in [2.24, 2.45) is 0 Å². The van der Waals surface area contributed by atoms with E-state index in [0.717, 1.165) is 10.8 Å². The van der Waals surface area contributed by atoms with Crippen molar-refractivity contribution in [2.45, 2.75) is 12.8 Å². The zero-order valence-electron chi connectivity index (χ0n) is 12.3. The van der Waals surface area contributed by atoms with Crippen LogP contribution in [0.2, 0.25) is 0 Å². The molecule has 2 heterocycles. The molecule has 114 valence electrons. The number of carbonyl (C=O) groups is 1. The molecule has 22 heavy (non-hydrogen) atoms. The summed E-state index contributed by atoms with van der Waals surface area (Å²) >= 11 is 1.32. The van der Waals surface area contributed by atoms with E-state index in [0.29, 0.717) is 34.7 Å². The lowest BCUT2D eigenvalue weighted by atomic mass is 9.93. The molecule has 7 heteroatoms. The summed E-state index contributed by atoms with van der Waals surface area (Å²) in [6.07, 6.45) is 2.70. The average molecular weight is 316 g/mol. The van der Waals surface area contributed by atoms with E-state index in [1.54, 1.807) is 32.4 Å². The van der Waals surface area contributed by atoms with Gasteiger partial charge in [0.15, 0.2) is 5.13 Å². The van der Waals surface area contributed by atoms with Crippen LogP contribution < -0.4 is 10.6 Å². The lowest BCUT2D eigenvalue weighted by Crippen LogP contribution is -2.14. The van der Waals surface area contributed by atoms with Gasteiger partial charge in [-0.15, -0.1) is 0 Å². The Hall–Kier alpha value is -2.41. The number of anilines is 2. The average Bonchev–Trinajstić information content (AvgIpc) is 2.99. The van der Waals surface area contributed by atoms with Crippen LogP contribution in [-0.2, 0) is 6.42 Å². The molecule has 0 bridgehead atoms. The molecular formula is C15H16N4O2S. The number of aliphatic hydroxyl groups is 1. The first-order chi connectivity index (χ1) is 10.6. The normalized spacial score (nSPS) is 16.2. The van der Waals surface area contributed by atoms with Crippen LogP contribution in [0.4, 0.5) is 10.9 Å². The number of fused-ring (bicyclic) bond motifs is 1. The number of carbonyl (C=O) groups excluding carboxylic acids is 1. The second-order valence-electron chi connectivity index (χ2n) is 4.88. The number of ketones is 1. The maximum atomic E-state index is 12.6. The molecule has 0 atom stereocenters. The van der Waals surface area contributed by atoms with Gasteiger partial charge in [0.2, 0.25) is 5.78 Å². The number of rotatable bonds is 3. The van der Waals surface area contributed by atoms with E-state index in [4.69, 9.17) is 0 Å². The van der Waals surface area contributed by atoms with Gasteiger partial charge in [-0.05, 0) is 25.0 Å². The molecule has 1 aliphatic rings.